The third kappa shape index (κ3) is 3.51. The van der Waals surface area contributed by atoms with Gasteiger partial charge in [-0.2, -0.15) is 5.10 Å². The first kappa shape index (κ1) is 17.0. The summed E-state index contributed by atoms with van der Waals surface area (Å²) in [5.41, 5.74) is 3.18. The number of H-pyrrole nitrogens is 1. The lowest BCUT2D eigenvalue weighted by Gasteiger charge is -2.11. The van der Waals surface area contributed by atoms with Crippen LogP contribution in [0.3, 0.4) is 0 Å². The molecule has 3 aromatic heterocycles. The van der Waals surface area contributed by atoms with Gasteiger partial charge in [0.05, 0.1) is 18.1 Å². The van der Waals surface area contributed by atoms with Crippen molar-refractivity contribution in [1.29, 1.82) is 0 Å². The lowest BCUT2D eigenvalue weighted by molar-refractivity contribution is 0.305. The molecule has 1 saturated carbocycles. The maximum atomic E-state index is 6.02. The van der Waals surface area contributed by atoms with Crippen LogP contribution in [0.2, 0.25) is 5.15 Å². The fraction of sp³-hybridized carbons (Fsp3) is 0.190. The molecule has 0 amide bonds. The predicted molar refractivity (Wildman–Crippen MR) is 109 cm³/mol. The lowest BCUT2D eigenvalue weighted by atomic mass is 10.1. The zero-order valence-electron chi connectivity index (χ0n) is 15.0. The molecule has 1 aromatic carbocycles. The van der Waals surface area contributed by atoms with Gasteiger partial charge in [-0.25, -0.2) is 9.97 Å². The first-order valence-corrected chi connectivity index (χ1v) is 9.56. The van der Waals surface area contributed by atoms with E-state index in [0.29, 0.717) is 17.7 Å². The number of aromatic amines is 1. The first-order valence-electron chi connectivity index (χ1n) is 9.18. The van der Waals surface area contributed by atoms with Crippen LogP contribution >= 0.6 is 11.6 Å². The summed E-state index contributed by atoms with van der Waals surface area (Å²) in [6.07, 6.45) is 7.79. The van der Waals surface area contributed by atoms with Gasteiger partial charge in [-0.1, -0.05) is 11.6 Å². The smallest absolute Gasteiger partial charge is 0.138 e. The van der Waals surface area contributed by atoms with Crippen molar-refractivity contribution in [3.8, 4) is 5.75 Å². The molecule has 5 rings (SSSR count). The van der Waals surface area contributed by atoms with Crippen molar-refractivity contribution in [2.45, 2.75) is 25.4 Å². The standard InChI is InChI=1S/C21H18ClN5O/c22-19-6-3-16(11-24-19)26-21-18-5-4-17(9-14(18)7-8-23-21)28-12-15-10-25-27-20(15)13-1-2-13/h3-11,13H,1-2,12H2,(H,23,26)(H,25,27). The fourth-order valence-corrected chi connectivity index (χ4v) is 3.37. The van der Waals surface area contributed by atoms with Crippen molar-refractivity contribution < 1.29 is 4.74 Å². The molecule has 4 aromatic rings. The maximum Gasteiger partial charge on any atom is 0.138 e. The van der Waals surface area contributed by atoms with Crippen LogP contribution in [0.1, 0.15) is 30.0 Å². The largest absolute Gasteiger partial charge is 0.489 e. The molecule has 1 aliphatic rings. The van der Waals surface area contributed by atoms with Gasteiger partial charge in [0.1, 0.15) is 23.3 Å². The second-order valence-corrected chi connectivity index (χ2v) is 7.30. The molecule has 140 valence electrons. The number of aromatic nitrogens is 4. The molecule has 1 fully saturated rings. The van der Waals surface area contributed by atoms with E-state index in [2.05, 4.69) is 25.5 Å². The van der Waals surface area contributed by atoms with Crippen LogP contribution in [-0.2, 0) is 6.61 Å². The van der Waals surface area contributed by atoms with Gasteiger partial charge >= 0.3 is 0 Å². The Kier molecular flexibility index (Phi) is 4.33. The quantitative estimate of drug-likeness (QED) is 0.441. The van der Waals surface area contributed by atoms with E-state index >= 15 is 0 Å². The van der Waals surface area contributed by atoms with Crippen LogP contribution in [0.15, 0.2) is 55.0 Å². The van der Waals surface area contributed by atoms with E-state index in [1.165, 1.54) is 18.5 Å². The zero-order chi connectivity index (χ0) is 18.9. The van der Waals surface area contributed by atoms with Gasteiger partial charge in [-0.15, -0.1) is 0 Å². The van der Waals surface area contributed by atoms with E-state index in [4.69, 9.17) is 16.3 Å². The van der Waals surface area contributed by atoms with Gasteiger partial charge in [0.15, 0.2) is 0 Å². The summed E-state index contributed by atoms with van der Waals surface area (Å²) in [5, 5.41) is 13.1. The van der Waals surface area contributed by atoms with E-state index < -0.39 is 0 Å². The lowest BCUT2D eigenvalue weighted by Crippen LogP contribution is -1.98. The van der Waals surface area contributed by atoms with Crippen molar-refractivity contribution >= 4 is 33.9 Å². The molecule has 0 bridgehead atoms. The second-order valence-electron chi connectivity index (χ2n) is 6.91. The SMILES string of the molecule is Clc1ccc(Nc2nccc3cc(OCc4cn[nH]c4C4CC4)ccc23)cn1. The monoisotopic (exact) mass is 391 g/mol. The minimum Gasteiger partial charge on any atom is -0.489 e. The highest BCUT2D eigenvalue weighted by Gasteiger charge is 2.27. The van der Waals surface area contributed by atoms with Gasteiger partial charge in [-0.3, -0.25) is 5.10 Å². The number of benzene rings is 1. The molecule has 7 heteroatoms. The molecule has 2 N–H and O–H groups in total. The van der Waals surface area contributed by atoms with Crippen molar-refractivity contribution in [2.24, 2.45) is 0 Å². The molecule has 3 heterocycles. The van der Waals surface area contributed by atoms with Gasteiger partial charge in [-0.05, 0) is 54.6 Å². The minimum atomic E-state index is 0.459. The summed E-state index contributed by atoms with van der Waals surface area (Å²) < 4.78 is 6.02. The molecular formula is C21H18ClN5O. The molecule has 0 aliphatic heterocycles. The molecule has 0 radical (unpaired) electrons. The van der Waals surface area contributed by atoms with E-state index in [9.17, 15) is 0 Å². The van der Waals surface area contributed by atoms with Crippen LogP contribution < -0.4 is 10.1 Å². The molecule has 0 unspecified atom stereocenters. The van der Waals surface area contributed by atoms with Crippen LogP contribution in [0.25, 0.3) is 10.8 Å². The van der Waals surface area contributed by atoms with Crippen molar-refractivity contribution in [1.82, 2.24) is 20.2 Å². The maximum absolute atomic E-state index is 6.02. The average Bonchev–Trinajstić information content (AvgIpc) is 3.46. The number of nitrogens with one attached hydrogen (secondary N) is 2. The Morgan fingerprint density at radius 2 is 2.04 bits per heavy atom. The predicted octanol–water partition coefficient (Wildman–Crippen LogP) is 5.21. The van der Waals surface area contributed by atoms with Gasteiger partial charge in [0.25, 0.3) is 0 Å². The Bertz CT molecular complexity index is 1120. The number of halogens is 1. The fourth-order valence-electron chi connectivity index (χ4n) is 3.25. The Hall–Kier alpha value is -3.12. The highest BCUT2D eigenvalue weighted by molar-refractivity contribution is 6.29. The van der Waals surface area contributed by atoms with Gasteiger partial charge in [0.2, 0.25) is 0 Å². The number of anilines is 2. The summed E-state index contributed by atoms with van der Waals surface area (Å²) in [5.74, 6) is 2.21. The Morgan fingerprint density at radius 3 is 2.86 bits per heavy atom. The summed E-state index contributed by atoms with van der Waals surface area (Å²) in [6, 6.07) is 11.6. The normalized spacial score (nSPS) is 13.6. The number of ether oxygens (including phenoxy) is 1. The van der Waals surface area contributed by atoms with Crippen LogP contribution in [0.4, 0.5) is 11.5 Å². The Labute approximate surface area is 166 Å². The molecule has 6 nitrogen and oxygen atoms in total. The zero-order valence-corrected chi connectivity index (χ0v) is 15.8. The summed E-state index contributed by atoms with van der Waals surface area (Å²) in [6.45, 7) is 0.514. The summed E-state index contributed by atoms with van der Waals surface area (Å²) in [7, 11) is 0. The average molecular weight is 392 g/mol. The highest BCUT2D eigenvalue weighted by atomic mass is 35.5. The molecular weight excluding hydrogens is 374 g/mol. The van der Waals surface area contributed by atoms with E-state index in [1.54, 1.807) is 18.5 Å². The Morgan fingerprint density at radius 1 is 1.11 bits per heavy atom. The number of hydrogen-bond donors (Lipinski definition) is 2. The molecule has 0 saturated heterocycles. The van der Waals surface area contributed by atoms with Crippen LogP contribution in [-0.4, -0.2) is 20.2 Å². The summed E-state index contributed by atoms with van der Waals surface area (Å²) in [4.78, 5) is 8.54. The highest BCUT2D eigenvalue weighted by Crippen LogP contribution is 2.40. The minimum absolute atomic E-state index is 0.459. The first-order chi connectivity index (χ1) is 13.8. The van der Waals surface area contributed by atoms with Crippen molar-refractivity contribution in [2.75, 3.05) is 5.32 Å². The second kappa shape index (κ2) is 7.13. The number of pyridine rings is 2. The van der Waals surface area contributed by atoms with Gasteiger partial charge in [0, 0.05) is 28.8 Å². The third-order valence-corrected chi connectivity index (χ3v) is 5.08. The number of nitrogens with zero attached hydrogens (tertiary/aromatic N) is 3. The number of fused-ring (bicyclic) bond motifs is 1. The van der Waals surface area contributed by atoms with Crippen molar-refractivity contribution in [3.63, 3.8) is 0 Å². The number of hydrogen-bond acceptors (Lipinski definition) is 5. The third-order valence-electron chi connectivity index (χ3n) is 4.86. The Balaban J connectivity index is 1.36. The van der Waals surface area contributed by atoms with Gasteiger partial charge < -0.3 is 10.1 Å². The molecule has 1 aliphatic carbocycles. The van der Waals surface area contributed by atoms with Crippen LogP contribution in [0.5, 0.6) is 5.75 Å². The van der Waals surface area contributed by atoms with E-state index in [1.807, 2.05) is 36.5 Å². The van der Waals surface area contributed by atoms with E-state index in [-0.39, 0.29) is 0 Å². The number of rotatable bonds is 6. The topological polar surface area (TPSA) is 75.7 Å². The van der Waals surface area contributed by atoms with Crippen molar-refractivity contribution in [3.05, 3.63) is 71.4 Å². The summed E-state index contributed by atoms with van der Waals surface area (Å²) >= 11 is 5.85. The van der Waals surface area contributed by atoms with Crippen LogP contribution in [0, 0.1) is 0 Å². The molecule has 0 spiro atoms. The van der Waals surface area contributed by atoms with E-state index in [0.717, 1.165) is 33.6 Å². The molecule has 28 heavy (non-hydrogen) atoms. The molecule has 0 atom stereocenters.